The lowest BCUT2D eigenvalue weighted by atomic mass is 10.1. The molecule has 3 fully saturated rings. The van der Waals surface area contributed by atoms with Crippen LogP contribution in [0.3, 0.4) is 0 Å². The molecule has 6 rings (SSSR count). The van der Waals surface area contributed by atoms with Crippen molar-refractivity contribution in [3.8, 4) is 5.75 Å². The third kappa shape index (κ3) is 6.84. The number of rotatable bonds is 10. The minimum atomic E-state index is -3.58. The van der Waals surface area contributed by atoms with Crippen molar-refractivity contribution in [3.05, 3.63) is 88.7 Å². The van der Waals surface area contributed by atoms with Crippen LogP contribution < -0.4 is 9.64 Å². The van der Waals surface area contributed by atoms with Crippen molar-refractivity contribution in [2.75, 3.05) is 51.5 Å². The van der Waals surface area contributed by atoms with Gasteiger partial charge in [0.05, 0.1) is 26.4 Å². The molecule has 3 aliphatic rings. The first-order chi connectivity index (χ1) is 21.7. The van der Waals surface area contributed by atoms with Crippen molar-refractivity contribution >= 4 is 33.0 Å². The molecule has 0 aliphatic carbocycles. The normalized spacial score (nSPS) is 20.9. The third-order valence-electron chi connectivity index (χ3n) is 9.33. The monoisotopic (exact) mass is 655 g/mol. The molecule has 3 aliphatic heterocycles. The number of halogens is 2. The summed E-state index contributed by atoms with van der Waals surface area (Å²) in [7, 11) is -2.04. The Labute approximate surface area is 269 Å². The Hall–Kier alpha value is -3.18. The van der Waals surface area contributed by atoms with E-state index in [2.05, 4.69) is 21.9 Å². The number of amides is 1. The quantitative estimate of drug-likeness (QED) is 0.269. The Bertz CT molecular complexity index is 1600. The third-order valence-corrected chi connectivity index (χ3v) is 11.9. The lowest BCUT2D eigenvalue weighted by molar-refractivity contribution is 0.0511. The zero-order valence-corrected chi connectivity index (χ0v) is 27.0. The average molecular weight is 656 g/mol. The summed E-state index contributed by atoms with van der Waals surface area (Å²) in [4.78, 5) is 20.0. The molecular weight excluding hydrogens is 617 g/mol. The second kappa shape index (κ2) is 13.7. The topological polar surface area (TPSA) is 79.4 Å². The first-order valence-corrected chi connectivity index (χ1v) is 17.5. The van der Waals surface area contributed by atoms with E-state index in [1.165, 1.54) is 17.7 Å². The van der Waals surface area contributed by atoms with Crippen LogP contribution in [0.4, 0.5) is 10.1 Å². The molecule has 45 heavy (non-hydrogen) atoms. The number of benzene rings is 3. The smallest absolute Gasteiger partial charge is 0.255 e. The number of ether oxygens (including phenoxy) is 2. The molecule has 3 aromatic rings. The summed E-state index contributed by atoms with van der Waals surface area (Å²) in [5.41, 5.74) is 2.26. The molecular formula is C34H39ClFN3O5S. The van der Waals surface area contributed by atoms with Crippen LogP contribution >= 0.6 is 11.6 Å². The highest BCUT2D eigenvalue weighted by Crippen LogP contribution is 2.42. The average Bonchev–Trinajstić information content (AvgIpc) is 3.31. The fourth-order valence-corrected chi connectivity index (χ4v) is 8.98. The Balaban J connectivity index is 1.18. The van der Waals surface area contributed by atoms with Gasteiger partial charge in [-0.25, -0.2) is 12.8 Å². The standard InChI is InChI=1S/C34H39ClFN3O5S/c1-43-23-44-33-12-10-29(45(41,42)28-14-17-37(18-15-28)16-13-24-5-3-2-4-6-24)20-32(33)39-26-8-9-27(39)22-38(21-26)34(40)30-11-7-25(36)19-31(30)35/h2-7,10-12,19-20,26-28H,8-9,13-18,21-23H2,1H3. The van der Waals surface area contributed by atoms with Gasteiger partial charge < -0.3 is 24.2 Å². The summed E-state index contributed by atoms with van der Waals surface area (Å²) < 4.78 is 52.7. The molecule has 240 valence electrons. The Morgan fingerprint density at radius 2 is 1.67 bits per heavy atom. The number of piperidine rings is 1. The number of sulfone groups is 1. The van der Waals surface area contributed by atoms with Crippen molar-refractivity contribution in [1.29, 1.82) is 0 Å². The Kier molecular flexibility index (Phi) is 9.65. The van der Waals surface area contributed by atoms with Gasteiger partial charge in [-0.3, -0.25) is 4.79 Å². The molecule has 1 amide bonds. The van der Waals surface area contributed by atoms with E-state index in [9.17, 15) is 17.6 Å². The van der Waals surface area contributed by atoms with E-state index in [4.69, 9.17) is 21.1 Å². The van der Waals surface area contributed by atoms with E-state index in [-0.39, 0.29) is 35.4 Å². The van der Waals surface area contributed by atoms with Gasteiger partial charge in [0.2, 0.25) is 0 Å². The van der Waals surface area contributed by atoms with E-state index in [1.807, 2.05) is 18.2 Å². The van der Waals surface area contributed by atoms with Crippen LogP contribution in [0, 0.1) is 5.82 Å². The number of carbonyl (C=O) groups is 1. The molecule has 0 aromatic heterocycles. The molecule has 0 radical (unpaired) electrons. The lowest BCUT2D eigenvalue weighted by Gasteiger charge is -2.43. The maximum Gasteiger partial charge on any atom is 0.255 e. The van der Waals surface area contributed by atoms with Gasteiger partial charge >= 0.3 is 0 Å². The molecule has 0 saturated carbocycles. The molecule has 2 atom stereocenters. The summed E-state index contributed by atoms with van der Waals surface area (Å²) in [6.07, 6.45) is 3.81. The molecule has 0 N–H and O–H groups in total. The van der Waals surface area contributed by atoms with E-state index in [0.717, 1.165) is 45.0 Å². The largest absolute Gasteiger partial charge is 0.465 e. The summed E-state index contributed by atoms with van der Waals surface area (Å²) in [5.74, 6) is -0.183. The zero-order valence-electron chi connectivity index (χ0n) is 25.4. The van der Waals surface area contributed by atoms with Crippen LogP contribution in [-0.2, 0) is 21.0 Å². The summed E-state index contributed by atoms with van der Waals surface area (Å²) in [6.45, 7) is 3.30. The minimum absolute atomic E-state index is 0.0252. The van der Waals surface area contributed by atoms with Crippen LogP contribution in [-0.4, -0.2) is 88.1 Å². The maximum atomic E-state index is 14.0. The van der Waals surface area contributed by atoms with E-state index >= 15 is 0 Å². The highest BCUT2D eigenvalue weighted by atomic mass is 35.5. The number of fused-ring (bicyclic) bond motifs is 2. The highest BCUT2D eigenvalue weighted by molar-refractivity contribution is 7.92. The van der Waals surface area contributed by atoms with E-state index in [0.29, 0.717) is 42.3 Å². The van der Waals surface area contributed by atoms with Crippen LogP contribution in [0.1, 0.15) is 41.6 Å². The van der Waals surface area contributed by atoms with Crippen molar-refractivity contribution < 1.29 is 27.1 Å². The van der Waals surface area contributed by atoms with Gasteiger partial charge in [-0.2, -0.15) is 0 Å². The summed E-state index contributed by atoms with van der Waals surface area (Å²) in [5, 5.41) is -0.360. The predicted octanol–water partition coefficient (Wildman–Crippen LogP) is 5.44. The van der Waals surface area contributed by atoms with E-state index < -0.39 is 20.9 Å². The Morgan fingerprint density at radius 3 is 2.33 bits per heavy atom. The SMILES string of the molecule is COCOc1ccc(S(=O)(=O)C2CCN(CCc3ccccc3)CC2)cc1N1C2CCC1CN(C(=O)c1ccc(F)cc1Cl)C2. The van der Waals surface area contributed by atoms with Gasteiger partial charge in [0, 0.05) is 38.8 Å². The van der Waals surface area contributed by atoms with Crippen LogP contribution in [0.5, 0.6) is 5.75 Å². The number of likely N-dealkylation sites (tertiary alicyclic amines) is 2. The highest BCUT2D eigenvalue weighted by Gasteiger charge is 2.43. The second-order valence-electron chi connectivity index (χ2n) is 12.1. The maximum absolute atomic E-state index is 14.0. The Morgan fingerprint density at radius 1 is 0.956 bits per heavy atom. The lowest BCUT2D eigenvalue weighted by Crippen LogP contribution is -2.55. The van der Waals surface area contributed by atoms with Crippen molar-refractivity contribution in [2.24, 2.45) is 0 Å². The zero-order chi connectivity index (χ0) is 31.6. The predicted molar refractivity (Wildman–Crippen MR) is 172 cm³/mol. The number of hydrogen-bond donors (Lipinski definition) is 0. The van der Waals surface area contributed by atoms with Gasteiger partial charge in [-0.05, 0) is 87.2 Å². The molecule has 3 heterocycles. The molecule has 8 nitrogen and oxygen atoms in total. The van der Waals surface area contributed by atoms with Gasteiger partial charge in [0.25, 0.3) is 5.91 Å². The second-order valence-corrected chi connectivity index (χ2v) is 14.8. The minimum Gasteiger partial charge on any atom is -0.465 e. The molecule has 2 unspecified atom stereocenters. The number of nitrogens with zero attached hydrogens (tertiary/aromatic N) is 3. The van der Waals surface area contributed by atoms with Crippen molar-refractivity contribution in [2.45, 2.75) is 54.3 Å². The van der Waals surface area contributed by atoms with Crippen LogP contribution in [0.2, 0.25) is 5.02 Å². The van der Waals surface area contributed by atoms with Gasteiger partial charge in [-0.15, -0.1) is 0 Å². The van der Waals surface area contributed by atoms with Crippen LogP contribution in [0.15, 0.2) is 71.6 Å². The van der Waals surface area contributed by atoms with E-state index in [1.54, 1.807) is 30.2 Å². The van der Waals surface area contributed by atoms with Gasteiger partial charge in [0.15, 0.2) is 16.6 Å². The van der Waals surface area contributed by atoms with Crippen molar-refractivity contribution in [3.63, 3.8) is 0 Å². The molecule has 0 spiro atoms. The fourth-order valence-electron chi connectivity index (χ4n) is 6.98. The summed E-state index contributed by atoms with van der Waals surface area (Å²) in [6, 6.07) is 19.2. The van der Waals surface area contributed by atoms with Crippen molar-refractivity contribution in [1.82, 2.24) is 9.80 Å². The first-order valence-electron chi connectivity index (χ1n) is 15.5. The number of hydrogen-bond acceptors (Lipinski definition) is 7. The fraction of sp³-hybridized carbons (Fsp3) is 0.441. The number of anilines is 1. The molecule has 3 aromatic carbocycles. The summed E-state index contributed by atoms with van der Waals surface area (Å²) >= 11 is 6.21. The number of piperazine rings is 1. The molecule has 2 bridgehead atoms. The number of carbonyl (C=O) groups excluding carboxylic acids is 1. The first kappa shape index (κ1) is 31.8. The van der Waals surface area contributed by atoms with Gasteiger partial charge in [0.1, 0.15) is 11.6 Å². The molecule has 11 heteroatoms. The van der Waals surface area contributed by atoms with Gasteiger partial charge in [-0.1, -0.05) is 41.9 Å². The van der Waals surface area contributed by atoms with Crippen LogP contribution in [0.25, 0.3) is 0 Å². The number of methoxy groups -OCH3 is 1. The molecule has 3 saturated heterocycles.